The number of hydrogen-bond donors (Lipinski definition) is 1. The molecular weight excluding hydrogens is 236 g/mol. The van der Waals surface area contributed by atoms with Crippen LogP contribution in [-0.4, -0.2) is 27.0 Å². The summed E-state index contributed by atoms with van der Waals surface area (Å²) in [4.78, 5) is 17.1. The standard InChI is InChI=1S/C11H14N4OS/c1-3-4-12-5-6-15-7-13-10-9(11(15)16)8(2)14-17-10/h3,7,12H,1,4-6H2,2H3. The predicted octanol–water partition coefficient (Wildman–Crippen LogP) is 0.937. The lowest BCUT2D eigenvalue weighted by Crippen LogP contribution is -2.27. The second-order valence-corrected chi connectivity index (χ2v) is 4.44. The third-order valence-corrected chi connectivity index (χ3v) is 3.30. The van der Waals surface area contributed by atoms with Crippen LogP contribution in [0.5, 0.6) is 0 Å². The molecule has 2 rings (SSSR count). The van der Waals surface area contributed by atoms with E-state index in [1.54, 1.807) is 17.0 Å². The van der Waals surface area contributed by atoms with Crippen LogP contribution in [0.25, 0.3) is 10.2 Å². The molecule has 0 saturated heterocycles. The SMILES string of the molecule is C=CCNCCn1cnc2snc(C)c2c1=O. The van der Waals surface area contributed by atoms with Crippen molar-refractivity contribution in [2.24, 2.45) is 0 Å². The van der Waals surface area contributed by atoms with E-state index in [0.29, 0.717) is 16.8 Å². The van der Waals surface area contributed by atoms with Crippen LogP contribution in [0.3, 0.4) is 0 Å². The highest BCUT2D eigenvalue weighted by atomic mass is 32.1. The molecule has 0 bridgehead atoms. The van der Waals surface area contributed by atoms with Crippen LogP contribution < -0.4 is 10.9 Å². The van der Waals surface area contributed by atoms with Gasteiger partial charge in [0.15, 0.2) is 4.83 Å². The minimum Gasteiger partial charge on any atom is -0.312 e. The van der Waals surface area contributed by atoms with Gasteiger partial charge in [0, 0.05) is 19.6 Å². The van der Waals surface area contributed by atoms with Crippen molar-refractivity contribution in [1.29, 1.82) is 0 Å². The van der Waals surface area contributed by atoms with Crippen LogP contribution >= 0.6 is 11.5 Å². The summed E-state index contributed by atoms with van der Waals surface area (Å²) in [6.45, 7) is 7.51. The van der Waals surface area contributed by atoms with Gasteiger partial charge in [0.2, 0.25) is 0 Å². The summed E-state index contributed by atoms with van der Waals surface area (Å²) in [5, 5.41) is 3.79. The van der Waals surface area contributed by atoms with Crippen molar-refractivity contribution >= 4 is 21.7 Å². The Morgan fingerprint density at radius 2 is 2.47 bits per heavy atom. The second kappa shape index (κ2) is 5.20. The van der Waals surface area contributed by atoms with E-state index in [4.69, 9.17) is 0 Å². The number of aromatic nitrogens is 3. The Bertz CT molecular complexity index is 587. The lowest BCUT2D eigenvalue weighted by atomic mass is 10.3. The zero-order valence-corrected chi connectivity index (χ0v) is 10.5. The first kappa shape index (κ1) is 11.9. The van der Waals surface area contributed by atoms with Gasteiger partial charge in [-0.1, -0.05) is 6.08 Å². The van der Waals surface area contributed by atoms with Gasteiger partial charge in [0.05, 0.1) is 17.4 Å². The molecule has 0 unspecified atom stereocenters. The lowest BCUT2D eigenvalue weighted by Gasteiger charge is -2.05. The smallest absolute Gasteiger partial charge is 0.264 e. The maximum atomic E-state index is 12.1. The Kier molecular flexibility index (Phi) is 3.65. The molecule has 6 heteroatoms. The van der Waals surface area contributed by atoms with E-state index in [1.807, 2.05) is 6.92 Å². The number of nitrogens with one attached hydrogen (secondary N) is 1. The first-order valence-electron chi connectivity index (χ1n) is 5.37. The van der Waals surface area contributed by atoms with Gasteiger partial charge in [-0.2, -0.15) is 4.37 Å². The first-order valence-corrected chi connectivity index (χ1v) is 6.14. The number of fused-ring (bicyclic) bond motifs is 1. The van der Waals surface area contributed by atoms with Crippen molar-refractivity contribution in [2.75, 3.05) is 13.1 Å². The molecule has 2 aromatic rings. The number of aryl methyl sites for hydroxylation is 1. The van der Waals surface area contributed by atoms with Crippen molar-refractivity contribution in [3.05, 3.63) is 35.0 Å². The molecule has 17 heavy (non-hydrogen) atoms. The van der Waals surface area contributed by atoms with Crippen LogP contribution in [0.15, 0.2) is 23.8 Å². The third kappa shape index (κ3) is 2.42. The highest BCUT2D eigenvalue weighted by Gasteiger charge is 2.09. The normalized spacial score (nSPS) is 10.9. The fourth-order valence-electron chi connectivity index (χ4n) is 1.57. The molecule has 1 N–H and O–H groups in total. The van der Waals surface area contributed by atoms with E-state index >= 15 is 0 Å². The van der Waals surface area contributed by atoms with E-state index < -0.39 is 0 Å². The van der Waals surface area contributed by atoms with Gasteiger partial charge >= 0.3 is 0 Å². The first-order chi connectivity index (χ1) is 8.24. The fraction of sp³-hybridized carbons (Fsp3) is 0.364. The third-order valence-electron chi connectivity index (χ3n) is 2.45. The summed E-state index contributed by atoms with van der Waals surface area (Å²) in [6.07, 6.45) is 3.37. The van der Waals surface area contributed by atoms with E-state index in [9.17, 15) is 4.79 Å². The van der Waals surface area contributed by atoms with Crippen LogP contribution in [-0.2, 0) is 6.54 Å². The zero-order chi connectivity index (χ0) is 12.3. The Hall–Kier alpha value is -1.53. The highest BCUT2D eigenvalue weighted by Crippen LogP contribution is 2.14. The van der Waals surface area contributed by atoms with Gasteiger partial charge in [-0.3, -0.25) is 9.36 Å². The number of rotatable bonds is 5. The van der Waals surface area contributed by atoms with Gasteiger partial charge < -0.3 is 5.32 Å². The molecule has 0 aliphatic heterocycles. The van der Waals surface area contributed by atoms with Crippen molar-refractivity contribution in [2.45, 2.75) is 13.5 Å². The van der Waals surface area contributed by atoms with Crippen molar-refractivity contribution in [3.63, 3.8) is 0 Å². The second-order valence-electron chi connectivity index (χ2n) is 3.68. The molecule has 0 aliphatic carbocycles. The summed E-state index contributed by atoms with van der Waals surface area (Å²) < 4.78 is 5.76. The molecule has 0 spiro atoms. The maximum absolute atomic E-state index is 12.1. The van der Waals surface area contributed by atoms with Crippen LogP contribution in [0, 0.1) is 6.92 Å². The van der Waals surface area contributed by atoms with Gasteiger partial charge in [-0.05, 0) is 18.5 Å². The Labute approximate surface area is 103 Å². The summed E-state index contributed by atoms with van der Waals surface area (Å²) >= 11 is 1.27. The summed E-state index contributed by atoms with van der Waals surface area (Å²) in [5.41, 5.74) is 0.748. The van der Waals surface area contributed by atoms with Gasteiger partial charge in [0.25, 0.3) is 5.56 Å². The van der Waals surface area contributed by atoms with Crippen LogP contribution in [0.2, 0.25) is 0 Å². The molecule has 0 atom stereocenters. The van der Waals surface area contributed by atoms with Gasteiger partial charge in [-0.25, -0.2) is 4.98 Å². The monoisotopic (exact) mass is 250 g/mol. The van der Waals surface area contributed by atoms with Crippen molar-refractivity contribution in [3.8, 4) is 0 Å². The predicted molar refractivity (Wildman–Crippen MR) is 69.5 cm³/mol. The highest BCUT2D eigenvalue weighted by molar-refractivity contribution is 7.12. The number of hydrogen-bond acceptors (Lipinski definition) is 5. The average molecular weight is 250 g/mol. The molecule has 2 heterocycles. The minimum absolute atomic E-state index is 0.0124. The molecule has 0 saturated carbocycles. The molecule has 0 aromatic carbocycles. The van der Waals surface area contributed by atoms with E-state index in [2.05, 4.69) is 21.3 Å². The molecule has 90 valence electrons. The van der Waals surface area contributed by atoms with E-state index in [-0.39, 0.29) is 5.56 Å². The molecular formula is C11H14N4OS. The molecule has 0 radical (unpaired) electrons. The topological polar surface area (TPSA) is 59.8 Å². The molecule has 0 amide bonds. The fourth-order valence-corrected chi connectivity index (χ4v) is 2.31. The Morgan fingerprint density at radius 3 is 3.24 bits per heavy atom. The quantitative estimate of drug-likeness (QED) is 0.633. The van der Waals surface area contributed by atoms with E-state index in [0.717, 1.165) is 18.8 Å². The van der Waals surface area contributed by atoms with Crippen molar-refractivity contribution < 1.29 is 0 Å². The van der Waals surface area contributed by atoms with Crippen LogP contribution in [0.4, 0.5) is 0 Å². The number of nitrogens with zero attached hydrogens (tertiary/aromatic N) is 3. The largest absolute Gasteiger partial charge is 0.312 e. The van der Waals surface area contributed by atoms with Gasteiger partial charge in [0.1, 0.15) is 0 Å². The molecule has 0 fully saturated rings. The molecule has 2 aromatic heterocycles. The molecule has 5 nitrogen and oxygen atoms in total. The lowest BCUT2D eigenvalue weighted by molar-refractivity contribution is 0.606. The Balaban J connectivity index is 2.23. The zero-order valence-electron chi connectivity index (χ0n) is 9.64. The van der Waals surface area contributed by atoms with E-state index in [1.165, 1.54) is 11.5 Å². The minimum atomic E-state index is -0.0124. The average Bonchev–Trinajstić information content (AvgIpc) is 2.70. The van der Waals surface area contributed by atoms with Gasteiger partial charge in [-0.15, -0.1) is 6.58 Å². The Morgan fingerprint density at radius 1 is 1.65 bits per heavy atom. The van der Waals surface area contributed by atoms with Crippen molar-refractivity contribution in [1.82, 2.24) is 19.2 Å². The van der Waals surface area contributed by atoms with Crippen LogP contribution in [0.1, 0.15) is 5.69 Å². The summed E-state index contributed by atoms with van der Waals surface area (Å²) in [7, 11) is 0. The maximum Gasteiger partial charge on any atom is 0.264 e. The molecule has 0 aliphatic rings. The summed E-state index contributed by atoms with van der Waals surface area (Å²) in [5.74, 6) is 0. The summed E-state index contributed by atoms with van der Waals surface area (Å²) in [6, 6.07) is 0.